The van der Waals surface area contributed by atoms with E-state index in [2.05, 4.69) is 29.0 Å². The van der Waals surface area contributed by atoms with E-state index in [-0.39, 0.29) is 5.91 Å². The van der Waals surface area contributed by atoms with Gasteiger partial charge in [0, 0.05) is 37.1 Å². The third-order valence-corrected chi connectivity index (χ3v) is 4.41. The van der Waals surface area contributed by atoms with Crippen molar-refractivity contribution in [2.45, 2.75) is 18.9 Å². The normalized spacial score (nSPS) is 15.9. The van der Waals surface area contributed by atoms with Crippen LogP contribution in [0.4, 0.5) is 0 Å². The van der Waals surface area contributed by atoms with Crippen LogP contribution in [0.1, 0.15) is 23.2 Å². The van der Waals surface area contributed by atoms with Crippen LogP contribution in [0.3, 0.4) is 0 Å². The topological polar surface area (TPSA) is 49.3 Å². The maximum atomic E-state index is 12.6. The predicted octanol–water partition coefficient (Wildman–Crippen LogP) is 2.31. The van der Waals surface area contributed by atoms with Gasteiger partial charge in [-0.3, -0.25) is 4.79 Å². The molecule has 0 spiro atoms. The minimum atomic E-state index is 0.0295. The van der Waals surface area contributed by atoms with Crippen LogP contribution in [-0.4, -0.2) is 58.9 Å². The zero-order valence-electron chi connectivity index (χ0n) is 13.6. The smallest absolute Gasteiger partial charge is 0.256 e. The molecule has 2 aromatic rings. The number of carbonyl (C=O) groups excluding carboxylic acids is 1. The van der Waals surface area contributed by atoms with E-state index < -0.39 is 0 Å². The Labute approximate surface area is 137 Å². The molecule has 1 saturated heterocycles. The Bertz CT molecular complexity index is 646. The molecule has 1 amide bonds. The number of rotatable bonds is 3. The number of aromatic nitrogens is 2. The summed E-state index contributed by atoms with van der Waals surface area (Å²) in [5.74, 6) is 0.676. The summed E-state index contributed by atoms with van der Waals surface area (Å²) >= 11 is 0. The molecule has 120 valence electrons. The van der Waals surface area contributed by atoms with Crippen molar-refractivity contribution in [2.24, 2.45) is 0 Å². The van der Waals surface area contributed by atoms with Crippen molar-refractivity contribution in [2.75, 3.05) is 27.2 Å². The maximum Gasteiger partial charge on any atom is 0.256 e. The van der Waals surface area contributed by atoms with Crippen LogP contribution in [0.5, 0.6) is 0 Å². The summed E-state index contributed by atoms with van der Waals surface area (Å²) in [4.78, 5) is 25.4. The molecule has 2 heterocycles. The Kier molecular flexibility index (Phi) is 4.67. The van der Waals surface area contributed by atoms with E-state index in [1.54, 1.807) is 12.4 Å². The summed E-state index contributed by atoms with van der Waals surface area (Å²) in [6.45, 7) is 1.59. The second-order valence-corrected chi connectivity index (χ2v) is 6.15. The third-order valence-electron chi connectivity index (χ3n) is 4.41. The molecule has 1 fully saturated rings. The maximum absolute atomic E-state index is 12.6. The van der Waals surface area contributed by atoms with Gasteiger partial charge in [0.1, 0.15) is 0 Å². The number of hydrogen-bond donors (Lipinski definition) is 0. The highest BCUT2D eigenvalue weighted by Gasteiger charge is 2.24. The molecule has 1 aliphatic rings. The number of hydrogen-bond acceptors (Lipinski definition) is 4. The van der Waals surface area contributed by atoms with Gasteiger partial charge in [0.05, 0.1) is 5.56 Å². The third kappa shape index (κ3) is 3.56. The fraction of sp³-hybridized carbons (Fsp3) is 0.389. The Morgan fingerprint density at radius 3 is 2.26 bits per heavy atom. The van der Waals surface area contributed by atoms with Gasteiger partial charge in [-0.2, -0.15) is 0 Å². The van der Waals surface area contributed by atoms with E-state index in [0.717, 1.165) is 31.5 Å². The van der Waals surface area contributed by atoms with Crippen LogP contribution in [0.25, 0.3) is 11.4 Å². The minimum absolute atomic E-state index is 0.0295. The highest BCUT2D eigenvalue weighted by molar-refractivity contribution is 5.93. The van der Waals surface area contributed by atoms with Gasteiger partial charge in [0.15, 0.2) is 5.82 Å². The SMILES string of the molecule is CN(C)C1CCN(C(=O)c2cnc(-c3ccccc3)nc2)CC1. The molecule has 0 bridgehead atoms. The quantitative estimate of drug-likeness (QED) is 0.873. The highest BCUT2D eigenvalue weighted by atomic mass is 16.2. The minimum Gasteiger partial charge on any atom is -0.338 e. The summed E-state index contributed by atoms with van der Waals surface area (Å²) < 4.78 is 0. The first-order valence-electron chi connectivity index (χ1n) is 7.98. The first kappa shape index (κ1) is 15.6. The summed E-state index contributed by atoms with van der Waals surface area (Å²) in [6.07, 6.45) is 5.30. The summed E-state index contributed by atoms with van der Waals surface area (Å²) in [5, 5.41) is 0. The summed E-state index contributed by atoms with van der Waals surface area (Å²) in [5.41, 5.74) is 1.52. The fourth-order valence-corrected chi connectivity index (χ4v) is 2.94. The lowest BCUT2D eigenvalue weighted by Crippen LogP contribution is -2.44. The Morgan fingerprint density at radius 1 is 1.09 bits per heavy atom. The van der Waals surface area contributed by atoms with Crippen LogP contribution in [0.2, 0.25) is 0 Å². The van der Waals surface area contributed by atoms with Gasteiger partial charge in [-0.15, -0.1) is 0 Å². The molecule has 0 radical (unpaired) electrons. The summed E-state index contributed by atoms with van der Waals surface area (Å²) in [7, 11) is 4.19. The number of nitrogens with zero attached hydrogens (tertiary/aromatic N) is 4. The first-order chi connectivity index (χ1) is 11.1. The zero-order valence-corrected chi connectivity index (χ0v) is 13.6. The lowest BCUT2D eigenvalue weighted by molar-refractivity contribution is 0.0662. The van der Waals surface area contributed by atoms with Gasteiger partial charge in [0.25, 0.3) is 5.91 Å². The molecule has 1 aromatic heterocycles. The van der Waals surface area contributed by atoms with Crippen molar-refractivity contribution in [1.82, 2.24) is 19.8 Å². The lowest BCUT2D eigenvalue weighted by atomic mass is 10.0. The number of benzene rings is 1. The van der Waals surface area contributed by atoms with E-state index >= 15 is 0 Å². The number of amides is 1. The fourth-order valence-electron chi connectivity index (χ4n) is 2.94. The monoisotopic (exact) mass is 310 g/mol. The van der Waals surface area contributed by atoms with Gasteiger partial charge < -0.3 is 9.80 Å². The first-order valence-corrected chi connectivity index (χ1v) is 7.98. The van der Waals surface area contributed by atoms with E-state index in [9.17, 15) is 4.79 Å². The average molecular weight is 310 g/mol. The molecule has 23 heavy (non-hydrogen) atoms. The standard InChI is InChI=1S/C18H22N4O/c1-21(2)16-8-10-22(11-9-16)18(23)15-12-19-17(20-13-15)14-6-4-3-5-7-14/h3-7,12-13,16H,8-11H2,1-2H3. The lowest BCUT2D eigenvalue weighted by Gasteiger charge is -2.35. The molecule has 0 aliphatic carbocycles. The van der Waals surface area contributed by atoms with Gasteiger partial charge >= 0.3 is 0 Å². The van der Waals surface area contributed by atoms with Crippen LogP contribution in [-0.2, 0) is 0 Å². The molecule has 1 aromatic carbocycles. The van der Waals surface area contributed by atoms with Gasteiger partial charge in [0.2, 0.25) is 0 Å². The van der Waals surface area contributed by atoms with Crippen molar-refractivity contribution in [3.05, 3.63) is 48.3 Å². The van der Waals surface area contributed by atoms with Crippen LogP contribution in [0.15, 0.2) is 42.7 Å². The number of carbonyl (C=O) groups is 1. The molecule has 5 heteroatoms. The molecular weight excluding hydrogens is 288 g/mol. The van der Waals surface area contributed by atoms with Crippen molar-refractivity contribution in [3.63, 3.8) is 0 Å². The van der Waals surface area contributed by atoms with E-state index in [4.69, 9.17) is 0 Å². The molecule has 0 atom stereocenters. The van der Waals surface area contributed by atoms with Crippen LogP contribution >= 0.6 is 0 Å². The largest absolute Gasteiger partial charge is 0.338 e. The molecule has 0 N–H and O–H groups in total. The molecule has 1 aliphatic heterocycles. The van der Waals surface area contributed by atoms with E-state index in [1.807, 2.05) is 35.2 Å². The molecule has 3 rings (SSSR count). The Morgan fingerprint density at radius 2 is 1.70 bits per heavy atom. The predicted molar refractivity (Wildman–Crippen MR) is 90.1 cm³/mol. The second kappa shape index (κ2) is 6.87. The van der Waals surface area contributed by atoms with E-state index in [1.165, 1.54) is 0 Å². The number of likely N-dealkylation sites (tertiary alicyclic amines) is 1. The second-order valence-electron chi connectivity index (χ2n) is 6.15. The average Bonchev–Trinajstić information content (AvgIpc) is 2.62. The molecule has 0 saturated carbocycles. The van der Waals surface area contributed by atoms with Gasteiger partial charge in [-0.05, 0) is 26.9 Å². The van der Waals surface area contributed by atoms with Crippen molar-refractivity contribution >= 4 is 5.91 Å². The Balaban J connectivity index is 1.67. The van der Waals surface area contributed by atoms with Crippen molar-refractivity contribution in [1.29, 1.82) is 0 Å². The van der Waals surface area contributed by atoms with Crippen molar-refractivity contribution in [3.8, 4) is 11.4 Å². The van der Waals surface area contributed by atoms with Crippen molar-refractivity contribution < 1.29 is 4.79 Å². The van der Waals surface area contributed by atoms with Crippen LogP contribution < -0.4 is 0 Å². The highest BCUT2D eigenvalue weighted by Crippen LogP contribution is 2.17. The summed E-state index contributed by atoms with van der Waals surface area (Å²) in [6, 6.07) is 10.3. The van der Waals surface area contributed by atoms with Gasteiger partial charge in [-0.1, -0.05) is 30.3 Å². The zero-order chi connectivity index (χ0) is 16.2. The van der Waals surface area contributed by atoms with Crippen LogP contribution in [0, 0.1) is 0 Å². The molecule has 0 unspecified atom stereocenters. The Hall–Kier alpha value is -2.27. The van der Waals surface area contributed by atoms with E-state index in [0.29, 0.717) is 17.4 Å². The van der Waals surface area contributed by atoms with Gasteiger partial charge in [-0.25, -0.2) is 9.97 Å². The number of piperidine rings is 1. The molecule has 5 nitrogen and oxygen atoms in total. The molecular formula is C18H22N4O.